The molecule has 0 aliphatic carbocycles. The van der Waals surface area contributed by atoms with Crippen LogP contribution < -0.4 is 14.9 Å². The summed E-state index contributed by atoms with van der Waals surface area (Å²) in [5.41, 5.74) is 4.06. The number of anilines is 1. The van der Waals surface area contributed by atoms with Gasteiger partial charge in [-0.05, 0) is 48.9 Å². The molecule has 2 aromatic carbocycles. The van der Waals surface area contributed by atoms with Gasteiger partial charge in [0.1, 0.15) is 0 Å². The van der Waals surface area contributed by atoms with Crippen molar-refractivity contribution in [3.8, 4) is 11.5 Å². The molecule has 0 aromatic heterocycles. The highest BCUT2D eigenvalue weighted by molar-refractivity contribution is 9.10. The van der Waals surface area contributed by atoms with Gasteiger partial charge in [0, 0.05) is 4.47 Å². The number of nitrogens with one attached hydrogen (secondary N) is 1. The zero-order chi connectivity index (χ0) is 17.5. The molecule has 126 valence electrons. The summed E-state index contributed by atoms with van der Waals surface area (Å²) in [4.78, 5) is 11.2. The fourth-order valence-corrected chi connectivity index (χ4v) is 2.37. The number of aromatic carboxylic acids is 1. The van der Waals surface area contributed by atoms with E-state index in [-0.39, 0.29) is 5.56 Å². The van der Waals surface area contributed by atoms with Crippen molar-refractivity contribution < 1.29 is 19.4 Å². The SMILES string of the molecule is CCOc1ccc(C=NNc2ccc(Br)cc2C(=O)O)cc1OC. The molecule has 0 aliphatic heterocycles. The summed E-state index contributed by atoms with van der Waals surface area (Å²) in [7, 11) is 1.57. The highest BCUT2D eigenvalue weighted by atomic mass is 79.9. The number of methoxy groups -OCH3 is 1. The van der Waals surface area contributed by atoms with Crippen molar-refractivity contribution in [2.24, 2.45) is 5.10 Å². The van der Waals surface area contributed by atoms with Gasteiger partial charge in [-0.2, -0.15) is 5.10 Å². The molecular formula is C17H17BrN2O4. The summed E-state index contributed by atoms with van der Waals surface area (Å²) in [6, 6.07) is 10.3. The number of carboxylic acid groups (broad SMARTS) is 1. The van der Waals surface area contributed by atoms with Gasteiger partial charge in [0.25, 0.3) is 0 Å². The number of hydrogen-bond acceptors (Lipinski definition) is 5. The van der Waals surface area contributed by atoms with Crippen LogP contribution in [0.25, 0.3) is 0 Å². The Morgan fingerprint density at radius 2 is 2.08 bits per heavy atom. The first-order valence-corrected chi connectivity index (χ1v) is 7.97. The highest BCUT2D eigenvalue weighted by Gasteiger charge is 2.10. The van der Waals surface area contributed by atoms with E-state index in [0.29, 0.717) is 28.3 Å². The maximum Gasteiger partial charge on any atom is 0.337 e. The number of ether oxygens (including phenoxy) is 2. The Morgan fingerprint density at radius 3 is 2.75 bits per heavy atom. The molecule has 0 radical (unpaired) electrons. The van der Waals surface area contributed by atoms with Gasteiger partial charge in [0.2, 0.25) is 0 Å². The van der Waals surface area contributed by atoms with E-state index in [4.69, 9.17) is 9.47 Å². The number of hydrogen-bond donors (Lipinski definition) is 2. The molecule has 0 saturated heterocycles. The second kappa shape index (κ2) is 8.35. The van der Waals surface area contributed by atoms with E-state index in [1.165, 1.54) is 6.07 Å². The number of carboxylic acids is 1. The van der Waals surface area contributed by atoms with Crippen LogP contribution in [0.15, 0.2) is 46.0 Å². The molecule has 0 heterocycles. The van der Waals surface area contributed by atoms with Crippen LogP contribution in [0.2, 0.25) is 0 Å². The molecule has 7 heteroatoms. The van der Waals surface area contributed by atoms with Crippen molar-refractivity contribution in [3.05, 3.63) is 52.0 Å². The van der Waals surface area contributed by atoms with E-state index in [0.717, 1.165) is 5.56 Å². The quantitative estimate of drug-likeness (QED) is 0.549. The Labute approximate surface area is 148 Å². The van der Waals surface area contributed by atoms with Crippen LogP contribution in [0, 0.1) is 0 Å². The number of hydrazone groups is 1. The van der Waals surface area contributed by atoms with Crippen molar-refractivity contribution in [2.45, 2.75) is 6.92 Å². The molecule has 2 rings (SSSR count). The Hall–Kier alpha value is -2.54. The monoisotopic (exact) mass is 392 g/mol. The molecule has 0 fully saturated rings. The average molecular weight is 393 g/mol. The van der Waals surface area contributed by atoms with Crippen molar-refractivity contribution in [3.63, 3.8) is 0 Å². The van der Waals surface area contributed by atoms with Gasteiger partial charge in [-0.3, -0.25) is 5.43 Å². The Morgan fingerprint density at radius 1 is 1.29 bits per heavy atom. The number of rotatable bonds is 7. The molecular weight excluding hydrogens is 376 g/mol. The van der Waals surface area contributed by atoms with Gasteiger partial charge < -0.3 is 14.6 Å². The molecule has 0 spiro atoms. The number of nitrogens with zero attached hydrogens (tertiary/aromatic N) is 1. The van der Waals surface area contributed by atoms with Crippen LogP contribution in [0.4, 0.5) is 5.69 Å². The minimum Gasteiger partial charge on any atom is -0.493 e. The van der Waals surface area contributed by atoms with Crippen LogP contribution in [-0.2, 0) is 0 Å². The average Bonchev–Trinajstić information content (AvgIpc) is 2.57. The summed E-state index contributed by atoms with van der Waals surface area (Å²) in [6.07, 6.45) is 1.58. The lowest BCUT2D eigenvalue weighted by molar-refractivity contribution is 0.0698. The van der Waals surface area contributed by atoms with Gasteiger partial charge >= 0.3 is 5.97 Å². The van der Waals surface area contributed by atoms with Crippen LogP contribution in [0.5, 0.6) is 11.5 Å². The van der Waals surface area contributed by atoms with Crippen LogP contribution in [-0.4, -0.2) is 31.0 Å². The van der Waals surface area contributed by atoms with E-state index >= 15 is 0 Å². The second-order valence-electron chi connectivity index (χ2n) is 4.71. The van der Waals surface area contributed by atoms with E-state index in [9.17, 15) is 9.90 Å². The van der Waals surface area contributed by atoms with Gasteiger partial charge in [0.15, 0.2) is 11.5 Å². The van der Waals surface area contributed by atoms with Gasteiger partial charge in [0.05, 0.1) is 31.2 Å². The summed E-state index contributed by atoms with van der Waals surface area (Å²) in [6.45, 7) is 2.45. The van der Waals surface area contributed by atoms with E-state index in [1.54, 1.807) is 37.6 Å². The number of halogens is 1. The molecule has 0 saturated carbocycles. The largest absolute Gasteiger partial charge is 0.493 e. The molecule has 6 nitrogen and oxygen atoms in total. The van der Waals surface area contributed by atoms with Crippen molar-refractivity contribution >= 4 is 33.8 Å². The molecule has 0 bridgehead atoms. The predicted molar refractivity (Wildman–Crippen MR) is 96.5 cm³/mol. The smallest absolute Gasteiger partial charge is 0.337 e. The third kappa shape index (κ3) is 4.48. The molecule has 0 amide bonds. The number of benzene rings is 2. The summed E-state index contributed by atoms with van der Waals surface area (Å²) >= 11 is 3.25. The van der Waals surface area contributed by atoms with Gasteiger partial charge in [-0.15, -0.1) is 0 Å². The summed E-state index contributed by atoms with van der Waals surface area (Å²) in [5, 5.41) is 13.3. The first-order chi connectivity index (χ1) is 11.5. The molecule has 2 N–H and O–H groups in total. The third-order valence-corrected chi connectivity index (χ3v) is 3.59. The van der Waals surface area contributed by atoms with E-state index in [1.807, 2.05) is 13.0 Å². The van der Waals surface area contributed by atoms with Crippen molar-refractivity contribution in [1.82, 2.24) is 0 Å². The highest BCUT2D eigenvalue weighted by Crippen LogP contribution is 2.27. The van der Waals surface area contributed by atoms with E-state index < -0.39 is 5.97 Å². The maximum absolute atomic E-state index is 11.2. The lowest BCUT2D eigenvalue weighted by Gasteiger charge is -2.09. The predicted octanol–water partition coefficient (Wildman–Crippen LogP) is 4.00. The normalized spacial score (nSPS) is 10.6. The Bertz CT molecular complexity index is 762. The zero-order valence-corrected chi connectivity index (χ0v) is 14.8. The van der Waals surface area contributed by atoms with Crippen LogP contribution >= 0.6 is 15.9 Å². The summed E-state index contributed by atoms with van der Waals surface area (Å²) in [5.74, 6) is 0.235. The van der Waals surface area contributed by atoms with Gasteiger partial charge in [-0.1, -0.05) is 15.9 Å². The third-order valence-electron chi connectivity index (χ3n) is 3.10. The zero-order valence-electron chi connectivity index (χ0n) is 13.2. The van der Waals surface area contributed by atoms with E-state index in [2.05, 4.69) is 26.5 Å². The van der Waals surface area contributed by atoms with Crippen molar-refractivity contribution in [2.75, 3.05) is 19.1 Å². The lowest BCUT2D eigenvalue weighted by atomic mass is 10.2. The molecule has 0 aliphatic rings. The van der Waals surface area contributed by atoms with Crippen molar-refractivity contribution in [1.29, 1.82) is 0 Å². The standard InChI is InChI=1S/C17H17BrN2O4/c1-3-24-15-7-4-11(8-16(15)23-2)10-19-20-14-6-5-12(18)9-13(14)17(21)22/h4-10,20H,3H2,1-2H3,(H,21,22). The fourth-order valence-electron chi connectivity index (χ4n) is 2.01. The van der Waals surface area contributed by atoms with Gasteiger partial charge in [-0.25, -0.2) is 4.79 Å². The summed E-state index contributed by atoms with van der Waals surface area (Å²) < 4.78 is 11.4. The molecule has 0 atom stereocenters. The Balaban J connectivity index is 2.16. The molecule has 0 unspecified atom stereocenters. The topological polar surface area (TPSA) is 80.2 Å². The van der Waals surface area contributed by atoms with Crippen LogP contribution in [0.1, 0.15) is 22.8 Å². The fraction of sp³-hybridized carbons (Fsp3) is 0.176. The molecule has 24 heavy (non-hydrogen) atoms. The Kier molecular flexibility index (Phi) is 6.20. The lowest BCUT2D eigenvalue weighted by Crippen LogP contribution is -2.02. The first-order valence-electron chi connectivity index (χ1n) is 7.18. The minimum atomic E-state index is -1.03. The second-order valence-corrected chi connectivity index (χ2v) is 5.62. The molecule has 2 aromatic rings. The first kappa shape index (κ1) is 17.8. The number of carbonyl (C=O) groups is 1. The maximum atomic E-state index is 11.2. The minimum absolute atomic E-state index is 0.130. The van der Waals surface area contributed by atoms with Crippen LogP contribution in [0.3, 0.4) is 0 Å².